The van der Waals surface area contributed by atoms with E-state index in [4.69, 9.17) is 5.73 Å². The molecule has 2 heteroatoms. The summed E-state index contributed by atoms with van der Waals surface area (Å²) in [5.41, 5.74) is 8.60. The normalized spacial score (nSPS) is 48.9. The Morgan fingerprint density at radius 3 is 2.76 bits per heavy atom. The van der Waals surface area contributed by atoms with Gasteiger partial charge in [0.1, 0.15) is 0 Å². The number of allylic oxidation sites excluding steroid dienone is 3. The highest BCUT2D eigenvalue weighted by Gasteiger charge is 2.56. The van der Waals surface area contributed by atoms with Crippen LogP contribution in [0.5, 0.6) is 0 Å². The van der Waals surface area contributed by atoms with Crippen molar-refractivity contribution in [3.05, 3.63) is 23.4 Å². The molecule has 0 unspecified atom stereocenters. The van der Waals surface area contributed by atoms with Crippen molar-refractivity contribution in [2.24, 2.45) is 34.3 Å². The second-order valence-electron chi connectivity index (χ2n) is 8.37. The Morgan fingerprint density at radius 1 is 1.14 bits per heavy atom. The minimum Gasteiger partial charge on any atom is -0.396 e. The predicted molar refractivity (Wildman–Crippen MR) is 84.4 cm³/mol. The zero-order valence-corrected chi connectivity index (χ0v) is 13.3. The van der Waals surface area contributed by atoms with Gasteiger partial charge in [-0.1, -0.05) is 26.3 Å². The summed E-state index contributed by atoms with van der Waals surface area (Å²) in [5, 5.41) is 0. The van der Waals surface area contributed by atoms with Crippen LogP contribution in [0.25, 0.3) is 0 Å². The molecule has 0 aromatic rings. The molecular weight excluding hydrogens is 258 g/mol. The van der Waals surface area contributed by atoms with Gasteiger partial charge in [0.2, 0.25) is 5.78 Å². The van der Waals surface area contributed by atoms with Gasteiger partial charge >= 0.3 is 0 Å². The van der Waals surface area contributed by atoms with Crippen LogP contribution in [-0.4, -0.2) is 5.78 Å². The zero-order valence-electron chi connectivity index (χ0n) is 13.3. The van der Waals surface area contributed by atoms with Crippen molar-refractivity contribution >= 4 is 5.78 Å². The Morgan fingerprint density at radius 2 is 1.95 bits per heavy atom. The minimum atomic E-state index is 0.0300. The highest BCUT2D eigenvalue weighted by molar-refractivity contribution is 6.05. The fourth-order valence-electron chi connectivity index (χ4n) is 6.37. The summed E-state index contributed by atoms with van der Waals surface area (Å²) in [6.45, 7) is 4.87. The molecule has 114 valence electrons. The summed E-state index contributed by atoms with van der Waals surface area (Å²) in [5.74, 6) is 2.47. The van der Waals surface area contributed by atoms with Gasteiger partial charge in [-0.15, -0.1) is 0 Å². The summed E-state index contributed by atoms with van der Waals surface area (Å²) < 4.78 is 0. The molecule has 21 heavy (non-hydrogen) atoms. The molecule has 4 aliphatic rings. The molecule has 0 aliphatic heterocycles. The van der Waals surface area contributed by atoms with Crippen molar-refractivity contribution in [2.45, 2.75) is 58.8 Å². The first-order valence-corrected chi connectivity index (χ1v) is 8.68. The Kier molecular flexibility index (Phi) is 2.75. The number of hydrogen-bond donors (Lipinski definition) is 1. The van der Waals surface area contributed by atoms with Crippen LogP contribution in [-0.2, 0) is 4.79 Å². The van der Waals surface area contributed by atoms with Crippen molar-refractivity contribution in [3.8, 4) is 0 Å². The van der Waals surface area contributed by atoms with Gasteiger partial charge in [-0.05, 0) is 73.3 Å². The first kappa shape index (κ1) is 13.6. The summed E-state index contributed by atoms with van der Waals surface area (Å²) in [6, 6.07) is 0. The molecular formula is C19H27NO. The third-order valence-corrected chi connectivity index (χ3v) is 7.54. The molecule has 0 spiro atoms. The van der Waals surface area contributed by atoms with E-state index in [0.717, 1.165) is 18.3 Å². The Labute approximate surface area is 127 Å². The lowest BCUT2D eigenvalue weighted by atomic mass is 9.48. The average Bonchev–Trinajstić information content (AvgIpc) is 2.85. The van der Waals surface area contributed by atoms with Crippen LogP contribution in [0.2, 0.25) is 0 Å². The molecule has 4 aliphatic carbocycles. The predicted octanol–water partition coefficient (Wildman–Crippen LogP) is 3.97. The van der Waals surface area contributed by atoms with Crippen molar-refractivity contribution in [3.63, 3.8) is 0 Å². The van der Waals surface area contributed by atoms with E-state index >= 15 is 0 Å². The number of carbonyl (C=O) groups excluding carboxylic acids is 1. The van der Waals surface area contributed by atoms with Gasteiger partial charge in [0.05, 0.1) is 5.70 Å². The lowest BCUT2D eigenvalue weighted by molar-refractivity contribution is -0.112. The Bertz CT molecular complexity index is 560. The second kappa shape index (κ2) is 4.24. The topological polar surface area (TPSA) is 43.1 Å². The molecule has 0 aromatic heterocycles. The highest BCUT2D eigenvalue weighted by atomic mass is 16.1. The van der Waals surface area contributed by atoms with Crippen molar-refractivity contribution in [1.82, 2.24) is 0 Å². The van der Waals surface area contributed by atoms with Gasteiger partial charge in [-0.2, -0.15) is 0 Å². The van der Waals surface area contributed by atoms with E-state index in [9.17, 15) is 4.79 Å². The van der Waals surface area contributed by atoms with Crippen LogP contribution in [0.15, 0.2) is 23.4 Å². The standard InChI is InChI=1S/C19H27NO/c1-18-9-3-4-13(18)12-5-6-15-17(20)16(21)8-11-19(15,2)14(12)7-10-18/h8,11-14H,3-7,9-10,20H2,1-2H3/t12-,13-,14-,18-,19+/m0/s1. The molecule has 0 aromatic carbocycles. The molecule has 3 saturated carbocycles. The fourth-order valence-corrected chi connectivity index (χ4v) is 6.37. The largest absolute Gasteiger partial charge is 0.396 e. The van der Waals surface area contributed by atoms with Gasteiger partial charge in [0, 0.05) is 5.41 Å². The molecule has 2 N–H and O–H groups in total. The van der Waals surface area contributed by atoms with E-state index in [-0.39, 0.29) is 11.2 Å². The summed E-state index contributed by atoms with van der Waals surface area (Å²) in [7, 11) is 0. The number of ketones is 1. The molecule has 0 amide bonds. The Balaban J connectivity index is 1.74. The molecule has 4 rings (SSSR count). The maximum Gasteiger partial charge on any atom is 0.201 e. The minimum absolute atomic E-state index is 0.0300. The molecule has 3 fully saturated rings. The molecule has 5 atom stereocenters. The monoisotopic (exact) mass is 285 g/mol. The number of fused-ring (bicyclic) bond motifs is 5. The summed E-state index contributed by atoms with van der Waals surface area (Å²) in [6.07, 6.45) is 13.2. The van der Waals surface area contributed by atoms with E-state index < -0.39 is 0 Å². The first-order valence-electron chi connectivity index (χ1n) is 8.68. The third-order valence-electron chi connectivity index (χ3n) is 7.54. The number of hydrogen-bond acceptors (Lipinski definition) is 2. The van der Waals surface area contributed by atoms with Crippen LogP contribution >= 0.6 is 0 Å². The van der Waals surface area contributed by atoms with Gasteiger partial charge in [0.25, 0.3) is 0 Å². The van der Waals surface area contributed by atoms with Crippen LogP contribution in [0.1, 0.15) is 58.8 Å². The first-order chi connectivity index (χ1) is 9.96. The lowest BCUT2D eigenvalue weighted by Crippen LogP contribution is -2.49. The fraction of sp³-hybridized carbons (Fsp3) is 0.737. The van der Waals surface area contributed by atoms with Gasteiger partial charge in [-0.25, -0.2) is 0 Å². The summed E-state index contributed by atoms with van der Waals surface area (Å²) in [4.78, 5) is 11.9. The van der Waals surface area contributed by atoms with Gasteiger partial charge in [0.15, 0.2) is 0 Å². The van der Waals surface area contributed by atoms with E-state index in [1.165, 1.54) is 44.1 Å². The van der Waals surface area contributed by atoms with Crippen LogP contribution < -0.4 is 5.73 Å². The quantitative estimate of drug-likeness (QED) is 0.732. The highest BCUT2D eigenvalue weighted by Crippen LogP contribution is 2.64. The summed E-state index contributed by atoms with van der Waals surface area (Å²) >= 11 is 0. The maximum absolute atomic E-state index is 11.9. The third kappa shape index (κ3) is 1.68. The molecule has 0 saturated heterocycles. The SMILES string of the molecule is C[C@@]12CCC[C@H]1[C@@H]1CCC3=C(N)C(=O)C=C[C@]3(C)[C@H]1CC2. The van der Waals surface area contributed by atoms with Gasteiger partial charge < -0.3 is 5.73 Å². The smallest absolute Gasteiger partial charge is 0.201 e. The van der Waals surface area contributed by atoms with E-state index in [2.05, 4.69) is 19.9 Å². The average molecular weight is 285 g/mol. The molecule has 0 radical (unpaired) electrons. The zero-order chi connectivity index (χ0) is 14.8. The van der Waals surface area contributed by atoms with Crippen LogP contribution in [0.3, 0.4) is 0 Å². The van der Waals surface area contributed by atoms with Crippen molar-refractivity contribution in [2.75, 3.05) is 0 Å². The van der Waals surface area contributed by atoms with Crippen LogP contribution in [0.4, 0.5) is 0 Å². The van der Waals surface area contributed by atoms with E-state index in [0.29, 0.717) is 17.0 Å². The van der Waals surface area contributed by atoms with Crippen molar-refractivity contribution in [1.29, 1.82) is 0 Å². The van der Waals surface area contributed by atoms with Crippen molar-refractivity contribution < 1.29 is 4.79 Å². The molecule has 0 heterocycles. The van der Waals surface area contributed by atoms with E-state index in [1.54, 1.807) is 6.08 Å². The Hall–Kier alpha value is -1.05. The van der Waals surface area contributed by atoms with E-state index in [1.807, 2.05) is 0 Å². The van der Waals surface area contributed by atoms with Gasteiger partial charge in [-0.3, -0.25) is 4.79 Å². The van der Waals surface area contributed by atoms with Crippen LogP contribution in [0, 0.1) is 28.6 Å². The second-order valence-corrected chi connectivity index (χ2v) is 8.37. The number of nitrogens with two attached hydrogens (primary N) is 1. The number of rotatable bonds is 0. The molecule has 0 bridgehead atoms. The number of carbonyl (C=O) groups is 1. The maximum atomic E-state index is 11.9. The lowest BCUT2D eigenvalue weighted by Gasteiger charge is -2.56. The molecule has 2 nitrogen and oxygen atoms in total.